The van der Waals surface area contributed by atoms with Crippen molar-refractivity contribution in [3.63, 3.8) is 0 Å². The van der Waals surface area contributed by atoms with Gasteiger partial charge >= 0.3 is 6.03 Å². The van der Waals surface area contributed by atoms with Crippen LogP contribution in [0.4, 0.5) is 10.6 Å². The number of fused-ring (bicyclic) bond motifs is 1. The molecule has 1 N–H and O–H groups in total. The number of urea groups is 1. The third-order valence-corrected chi connectivity index (χ3v) is 2.49. The van der Waals surface area contributed by atoms with Crippen LogP contribution >= 0.6 is 0 Å². The first-order valence-electron chi connectivity index (χ1n) is 5.01. The molecule has 15 heavy (non-hydrogen) atoms. The van der Waals surface area contributed by atoms with Crippen molar-refractivity contribution in [2.75, 3.05) is 4.90 Å². The Morgan fingerprint density at radius 2 is 2.27 bits per heavy atom. The summed E-state index contributed by atoms with van der Waals surface area (Å²) in [6.07, 6.45) is 3.22. The maximum absolute atomic E-state index is 11.8. The van der Waals surface area contributed by atoms with Gasteiger partial charge < -0.3 is 5.32 Å². The first kappa shape index (κ1) is 9.89. The van der Waals surface area contributed by atoms with Crippen LogP contribution in [0.15, 0.2) is 12.5 Å². The number of hydrogen-bond donors (Lipinski definition) is 1. The van der Waals surface area contributed by atoms with E-state index in [0.29, 0.717) is 0 Å². The van der Waals surface area contributed by atoms with Crippen LogP contribution in [0.25, 0.3) is 0 Å². The van der Waals surface area contributed by atoms with Crippen LogP contribution in [0.2, 0.25) is 0 Å². The van der Waals surface area contributed by atoms with Gasteiger partial charge in [0.15, 0.2) is 0 Å². The molecule has 0 aliphatic carbocycles. The molecule has 2 rings (SSSR count). The molecule has 0 spiro atoms. The van der Waals surface area contributed by atoms with E-state index in [1.165, 1.54) is 6.33 Å². The topological polar surface area (TPSA) is 58.1 Å². The lowest BCUT2D eigenvalue weighted by molar-refractivity contribution is 0.239. The molecular formula is C10H14N4O. The molecule has 0 bridgehead atoms. The molecule has 5 nitrogen and oxygen atoms in total. The van der Waals surface area contributed by atoms with Gasteiger partial charge in [0, 0.05) is 17.8 Å². The van der Waals surface area contributed by atoms with Gasteiger partial charge in [-0.1, -0.05) is 0 Å². The molecule has 2 amide bonds. The highest BCUT2D eigenvalue weighted by Gasteiger charge is 2.31. The van der Waals surface area contributed by atoms with E-state index in [0.717, 1.165) is 11.4 Å². The third-order valence-electron chi connectivity index (χ3n) is 2.49. The quantitative estimate of drug-likeness (QED) is 0.757. The summed E-state index contributed by atoms with van der Waals surface area (Å²) in [7, 11) is 0. The SMILES string of the molecule is CC1NC(=O)N(C(C)C)c2ncncc21. The zero-order valence-corrected chi connectivity index (χ0v) is 9.06. The Labute approximate surface area is 88.5 Å². The summed E-state index contributed by atoms with van der Waals surface area (Å²) in [5.74, 6) is 0.719. The highest BCUT2D eigenvalue weighted by molar-refractivity contribution is 5.94. The molecule has 2 heterocycles. The summed E-state index contributed by atoms with van der Waals surface area (Å²) in [6, 6.07) is -0.0291. The van der Waals surface area contributed by atoms with Gasteiger partial charge in [0.1, 0.15) is 12.1 Å². The van der Waals surface area contributed by atoms with Crippen LogP contribution in [-0.4, -0.2) is 22.0 Å². The van der Waals surface area contributed by atoms with Gasteiger partial charge in [-0.3, -0.25) is 4.90 Å². The van der Waals surface area contributed by atoms with Gasteiger partial charge in [0.25, 0.3) is 0 Å². The highest BCUT2D eigenvalue weighted by atomic mass is 16.2. The molecule has 0 radical (unpaired) electrons. The van der Waals surface area contributed by atoms with Crippen molar-refractivity contribution in [2.24, 2.45) is 0 Å². The minimum Gasteiger partial charge on any atom is -0.331 e. The molecule has 1 aromatic heterocycles. The van der Waals surface area contributed by atoms with E-state index in [-0.39, 0.29) is 18.1 Å². The number of nitrogens with zero attached hydrogens (tertiary/aromatic N) is 3. The summed E-state index contributed by atoms with van der Waals surface area (Å²) in [4.78, 5) is 21.6. The van der Waals surface area contributed by atoms with Crippen LogP contribution < -0.4 is 10.2 Å². The smallest absolute Gasteiger partial charge is 0.323 e. The first-order chi connectivity index (χ1) is 7.11. The average molecular weight is 206 g/mol. The standard InChI is InChI=1S/C10H14N4O/c1-6(2)14-9-8(4-11-5-12-9)7(3)13-10(14)15/h4-7H,1-3H3,(H,13,15). The zero-order valence-electron chi connectivity index (χ0n) is 9.06. The van der Waals surface area contributed by atoms with Crippen LogP contribution in [0.3, 0.4) is 0 Å². The lowest BCUT2D eigenvalue weighted by Crippen LogP contribution is -2.49. The van der Waals surface area contributed by atoms with Crippen molar-refractivity contribution in [1.29, 1.82) is 0 Å². The molecular weight excluding hydrogens is 192 g/mol. The third kappa shape index (κ3) is 1.54. The minimum atomic E-state index is -0.0938. The number of hydrogen-bond acceptors (Lipinski definition) is 3. The number of carbonyl (C=O) groups excluding carboxylic acids is 1. The Hall–Kier alpha value is -1.65. The molecule has 80 valence electrons. The molecule has 1 aromatic rings. The molecule has 1 unspecified atom stereocenters. The van der Waals surface area contributed by atoms with Gasteiger partial charge in [-0.15, -0.1) is 0 Å². The van der Waals surface area contributed by atoms with Crippen LogP contribution in [0.5, 0.6) is 0 Å². The van der Waals surface area contributed by atoms with Gasteiger partial charge in [-0.2, -0.15) is 0 Å². The number of amides is 2. The average Bonchev–Trinajstić information content (AvgIpc) is 2.17. The second-order valence-corrected chi connectivity index (χ2v) is 3.94. The summed E-state index contributed by atoms with van der Waals surface area (Å²) < 4.78 is 0. The Morgan fingerprint density at radius 1 is 1.53 bits per heavy atom. The lowest BCUT2D eigenvalue weighted by atomic mass is 10.1. The minimum absolute atomic E-state index is 0.0244. The van der Waals surface area contributed by atoms with E-state index in [2.05, 4.69) is 15.3 Å². The highest BCUT2D eigenvalue weighted by Crippen LogP contribution is 2.28. The number of nitrogens with one attached hydrogen (secondary N) is 1. The monoisotopic (exact) mass is 206 g/mol. The Kier molecular flexibility index (Phi) is 2.30. The number of aromatic nitrogens is 2. The van der Waals surface area contributed by atoms with E-state index in [1.54, 1.807) is 11.1 Å². The van der Waals surface area contributed by atoms with Gasteiger partial charge in [-0.05, 0) is 20.8 Å². The predicted octanol–water partition coefficient (Wildman–Crippen LogP) is 1.48. The fraction of sp³-hybridized carbons (Fsp3) is 0.500. The summed E-state index contributed by atoms with van der Waals surface area (Å²) in [5, 5.41) is 2.87. The molecule has 1 atom stereocenters. The van der Waals surface area contributed by atoms with E-state index in [9.17, 15) is 4.79 Å². The Bertz CT molecular complexity index is 391. The van der Waals surface area contributed by atoms with Gasteiger partial charge in [-0.25, -0.2) is 14.8 Å². The van der Waals surface area contributed by atoms with E-state index in [1.807, 2.05) is 20.8 Å². The second kappa shape index (κ2) is 3.49. The lowest BCUT2D eigenvalue weighted by Gasteiger charge is -2.34. The fourth-order valence-corrected chi connectivity index (χ4v) is 1.75. The van der Waals surface area contributed by atoms with E-state index >= 15 is 0 Å². The van der Waals surface area contributed by atoms with Crippen molar-refractivity contribution in [1.82, 2.24) is 15.3 Å². The molecule has 0 saturated heterocycles. The molecule has 5 heteroatoms. The van der Waals surface area contributed by atoms with E-state index < -0.39 is 0 Å². The Morgan fingerprint density at radius 3 is 2.93 bits per heavy atom. The van der Waals surface area contributed by atoms with Crippen LogP contribution in [-0.2, 0) is 0 Å². The molecule has 0 aromatic carbocycles. The normalized spacial score (nSPS) is 20.1. The van der Waals surface area contributed by atoms with Crippen molar-refractivity contribution in [3.8, 4) is 0 Å². The summed E-state index contributed by atoms with van der Waals surface area (Å²) in [6.45, 7) is 5.85. The number of rotatable bonds is 1. The molecule has 1 aliphatic rings. The number of anilines is 1. The molecule has 0 saturated carbocycles. The van der Waals surface area contributed by atoms with Crippen molar-refractivity contribution in [2.45, 2.75) is 32.9 Å². The second-order valence-electron chi connectivity index (χ2n) is 3.94. The summed E-state index contributed by atoms with van der Waals surface area (Å²) in [5.41, 5.74) is 0.964. The largest absolute Gasteiger partial charge is 0.331 e. The van der Waals surface area contributed by atoms with Gasteiger partial charge in [0.2, 0.25) is 0 Å². The molecule has 1 aliphatic heterocycles. The molecule has 0 fully saturated rings. The first-order valence-corrected chi connectivity index (χ1v) is 5.01. The maximum Gasteiger partial charge on any atom is 0.323 e. The summed E-state index contributed by atoms with van der Waals surface area (Å²) >= 11 is 0. The number of carbonyl (C=O) groups is 1. The van der Waals surface area contributed by atoms with E-state index in [4.69, 9.17) is 0 Å². The van der Waals surface area contributed by atoms with Crippen LogP contribution in [0.1, 0.15) is 32.4 Å². The maximum atomic E-state index is 11.8. The fourth-order valence-electron chi connectivity index (χ4n) is 1.75. The van der Waals surface area contributed by atoms with Gasteiger partial charge in [0.05, 0.1) is 6.04 Å². The zero-order chi connectivity index (χ0) is 11.0. The Balaban J connectivity index is 2.51. The van der Waals surface area contributed by atoms with Crippen LogP contribution in [0, 0.1) is 0 Å². The van der Waals surface area contributed by atoms with Crippen molar-refractivity contribution in [3.05, 3.63) is 18.1 Å². The van der Waals surface area contributed by atoms with Crippen molar-refractivity contribution >= 4 is 11.8 Å². The predicted molar refractivity (Wildman–Crippen MR) is 56.6 cm³/mol. The van der Waals surface area contributed by atoms with Crippen molar-refractivity contribution < 1.29 is 4.79 Å².